The number of unbranched alkanes of at least 4 members (excludes halogenated alkanes) is 5. The molecule has 4 nitrogen and oxygen atoms in total. The minimum absolute atomic E-state index is 0. The summed E-state index contributed by atoms with van der Waals surface area (Å²) < 4.78 is 0. The summed E-state index contributed by atoms with van der Waals surface area (Å²) in [4.78, 5) is 13.5. The van der Waals surface area contributed by atoms with Gasteiger partial charge in [-0.25, -0.2) is 0 Å². The van der Waals surface area contributed by atoms with Crippen molar-refractivity contribution in [1.29, 1.82) is 0 Å². The van der Waals surface area contributed by atoms with Gasteiger partial charge < -0.3 is 10.1 Å². The number of rotatable bonds is 12. The number of Topliss-reactive ketones (excluding diaryl/α,β-unsaturated/α-hetero) is 1. The third-order valence-corrected chi connectivity index (χ3v) is 3.71. The molecular formula is C18H29ClN2O2. The van der Waals surface area contributed by atoms with Crippen molar-refractivity contribution in [3.05, 3.63) is 35.9 Å². The van der Waals surface area contributed by atoms with Crippen LogP contribution in [0.5, 0.6) is 0 Å². The quantitative estimate of drug-likeness (QED) is 0.267. The van der Waals surface area contributed by atoms with Crippen LogP contribution in [-0.4, -0.2) is 35.7 Å². The molecule has 0 fully saturated rings. The highest BCUT2D eigenvalue weighted by Crippen LogP contribution is 2.09. The molecule has 0 radical (unpaired) electrons. The molecular weight excluding hydrogens is 312 g/mol. The van der Waals surface area contributed by atoms with E-state index < -0.39 is 0 Å². The van der Waals surface area contributed by atoms with Crippen molar-refractivity contribution in [2.24, 2.45) is 5.16 Å². The molecule has 0 heterocycles. The first-order chi connectivity index (χ1) is 10.7. The van der Waals surface area contributed by atoms with Gasteiger partial charge in [0.2, 0.25) is 0 Å². The summed E-state index contributed by atoms with van der Waals surface area (Å²) >= 11 is 0. The number of carbonyl (C=O) groups is 1. The van der Waals surface area contributed by atoms with Crippen LogP contribution in [0.25, 0.3) is 0 Å². The molecule has 1 aromatic carbocycles. The lowest BCUT2D eigenvalue weighted by Crippen LogP contribution is -2.18. The maximum absolute atomic E-state index is 11.1. The standard InChI is InChI=1S/C18H28N2O2.ClH/c1-20(16-17-11-7-6-8-12-17)14-10-5-3-2-4-9-13-18(21)15-19-22;/h6-8,11-12,15,22H,2-5,9-10,13-14,16H2,1H3;1H. The molecule has 23 heavy (non-hydrogen) atoms. The maximum Gasteiger partial charge on any atom is 0.177 e. The van der Waals surface area contributed by atoms with Crippen LogP contribution < -0.4 is 0 Å². The second kappa shape index (κ2) is 14.2. The molecule has 0 aromatic heterocycles. The average Bonchev–Trinajstić information content (AvgIpc) is 2.51. The van der Waals surface area contributed by atoms with Gasteiger partial charge in [-0.3, -0.25) is 4.79 Å². The Bertz CT molecular complexity index is 438. The van der Waals surface area contributed by atoms with Crippen molar-refractivity contribution >= 4 is 24.4 Å². The van der Waals surface area contributed by atoms with Crippen molar-refractivity contribution in [3.63, 3.8) is 0 Å². The predicted molar refractivity (Wildman–Crippen MR) is 97.6 cm³/mol. The second-order valence-electron chi connectivity index (χ2n) is 5.81. The van der Waals surface area contributed by atoms with Crippen LogP contribution in [-0.2, 0) is 11.3 Å². The fourth-order valence-electron chi connectivity index (χ4n) is 2.49. The molecule has 130 valence electrons. The number of hydrogen-bond donors (Lipinski definition) is 1. The van der Waals surface area contributed by atoms with E-state index in [2.05, 4.69) is 41.4 Å². The van der Waals surface area contributed by atoms with E-state index in [-0.39, 0.29) is 18.2 Å². The van der Waals surface area contributed by atoms with Crippen LogP contribution >= 0.6 is 12.4 Å². The van der Waals surface area contributed by atoms with Crippen LogP contribution in [0, 0.1) is 0 Å². The minimum atomic E-state index is -0.0926. The third-order valence-electron chi connectivity index (χ3n) is 3.71. The molecule has 1 N–H and O–H groups in total. The Labute approximate surface area is 146 Å². The first-order valence-electron chi connectivity index (χ1n) is 8.15. The summed E-state index contributed by atoms with van der Waals surface area (Å²) in [7, 11) is 2.17. The molecule has 0 aliphatic carbocycles. The molecule has 0 atom stereocenters. The summed E-state index contributed by atoms with van der Waals surface area (Å²) in [6.45, 7) is 2.13. The Morgan fingerprint density at radius 3 is 2.35 bits per heavy atom. The van der Waals surface area contributed by atoms with Gasteiger partial charge in [0.15, 0.2) is 5.78 Å². The van der Waals surface area contributed by atoms with E-state index in [0.717, 1.165) is 32.1 Å². The van der Waals surface area contributed by atoms with Crippen LogP contribution in [0.2, 0.25) is 0 Å². The van der Waals surface area contributed by atoms with E-state index in [1.54, 1.807) is 0 Å². The number of halogens is 1. The predicted octanol–water partition coefficient (Wildman–Crippen LogP) is 4.30. The van der Waals surface area contributed by atoms with Gasteiger partial charge >= 0.3 is 0 Å². The van der Waals surface area contributed by atoms with E-state index in [4.69, 9.17) is 5.21 Å². The summed E-state index contributed by atoms with van der Waals surface area (Å²) in [6, 6.07) is 10.5. The van der Waals surface area contributed by atoms with Crippen LogP contribution in [0.15, 0.2) is 35.5 Å². The fraction of sp³-hybridized carbons (Fsp3) is 0.556. The molecule has 0 aliphatic rings. The van der Waals surface area contributed by atoms with Crippen molar-refractivity contribution < 1.29 is 10.0 Å². The molecule has 0 saturated heterocycles. The molecule has 0 bridgehead atoms. The fourth-order valence-corrected chi connectivity index (χ4v) is 2.49. The van der Waals surface area contributed by atoms with Gasteiger partial charge in [0, 0.05) is 13.0 Å². The van der Waals surface area contributed by atoms with E-state index in [1.807, 2.05) is 6.07 Å². The van der Waals surface area contributed by atoms with Gasteiger partial charge in [0.1, 0.15) is 6.21 Å². The Kier molecular flexibility index (Phi) is 13.4. The highest BCUT2D eigenvalue weighted by atomic mass is 35.5. The summed E-state index contributed by atoms with van der Waals surface area (Å²) in [5.74, 6) is -0.0926. The highest BCUT2D eigenvalue weighted by molar-refractivity contribution is 6.27. The number of benzene rings is 1. The van der Waals surface area contributed by atoms with Crippen LogP contribution in [0.4, 0.5) is 0 Å². The first-order valence-corrected chi connectivity index (χ1v) is 8.15. The summed E-state index contributed by atoms with van der Waals surface area (Å²) in [5, 5.41) is 11.0. The zero-order chi connectivity index (χ0) is 16.0. The van der Waals surface area contributed by atoms with Crippen molar-refractivity contribution in [2.75, 3.05) is 13.6 Å². The molecule has 0 saturated carbocycles. The molecule has 1 aromatic rings. The smallest absolute Gasteiger partial charge is 0.177 e. The number of oxime groups is 1. The summed E-state index contributed by atoms with van der Waals surface area (Å²) in [6.07, 6.45) is 8.30. The Hall–Kier alpha value is -1.39. The SMILES string of the molecule is CN(CCCCCCCCC(=O)C=NO)Cc1ccccc1.Cl. The van der Waals surface area contributed by atoms with Gasteiger partial charge in [-0.15, -0.1) is 12.4 Å². The molecule has 1 rings (SSSR count). The number of hydrogen-bond acceptors (Lipinski definition) is 4. The van der Waals surface area contributed by atoms with Gasteiger partial charge in [0.25, 0.3) is 0 Å². The molecule has 5 heteroatoms. The lowest BCUT2D eigenvalue weighted by Gasteiger charge is -2.16. The van der Waals surface area contributed by atoms with E-state index in [0.29, 0.717) is 6.42 Å². The highest BCUT2D eigenvalue weighted by Gasteiger charge is 2.00. The summed E-state index contributed by atoms with van der Waals surface area (Å²) in [5.41, 5.74) is 1.36. The number of carbonyl (C=O) groups excluding carboxylic acids is 1. The first kappa shape index (κ1) is 21.6. The van der Waals surface area contributed by atoms with Crippen molar-refractivity contribution in [1.82, 2.24) is 4.90 Å². The van der Waals surface area contributed by atoms with Gasteiger partial charge in [-0.1, -0.05) is 61.2 Å². The van der Waals surface area contributed by atoms with Gasteiger partial charge in [-0.05, 0) is 32.0 Å². The van der Waals surface area contributed by atoms with Gasteiger partial charge in [0.05, 0.1) is 0 Å². The Morgan fingerprint density at radius 2 is 1.70 bits per heavy atom. The Morgan fingerprint density at radius 1 is 1.09 bits per heavy atom. The lowest BCUT2D eigenvalue weighted by atomic mass is 10.1. The van der Waals surface area contributed by atoms with Crippen LogP contribution in [0.1, 0.15) is 50.5 Å². The zero-order valence-electron chi connectivity index (χ0n) is 14.0. The largest absolute Gasteiger partial charge is 0.411 e. The lowest BCUT2D eigenvalue weighted by molar-refractivity contribution is -0.112. The molecule has 0 aliphatic heterocycles. The molecule has 0 amide bonds. The molecule has 0 unspecified atom stereocenters. The third kappa shape index (κ3) is 11.8. The monoisotopic (exact) mass is 340 g/mol. The minimum Gasteiger partial charge on any atom is -0.411 e. The topological polar surface area (TPSA) is 52.9 Å². The number of ketones is 1. The van der Waals surface area contributed by atoms with E-state index in [1.165, 1.54) is 31.2 Å². The van der Waals surface area contributed by atoms with Crippen LogP contribution in [0.3, 0.4) is 0 Å². The zero-order valence-corrected chi connectivity index (χ0v) is 14.8. The normalized spacial score (nSPS) is 10.9. The van der Waals surface area contributed by atoms with Crippen molar-refractivity contribution in [3.8, 4) is 0 Å². The average molecular weight is 341 g/mol. The van der Waals surface area contributed by atoms with E-state index >= 15 is 0 Å². The number of nitrogens with zero attached hydrogens (tertiary/aromatic N) is 2. The molecule has 0 spiro atoms. The van der Waals surface area contributed by atoms with E-state index in [9.17, 15) is 4.79 Å². The Balaban J connectivity index is 0.00000484. The maximum atomic E-state index is 11.1. The second-order valence-corrected chi connectivity index (χ2v) is 5.81. The van der Waals surface area contributed by atoms with Gasteiger partial charge in [-0.2, -0.15) is 0 Å². The van der Waals surface area contributed by atoms with Crippen molar-refractivity contribution in [2.45, 2.75) is 51.5 Å².